The molecule has 1 fully saturated rings. The van der Waals surface area contributed by atoms with Gasteiger partial charge in [-0.2, -0.15) is 5.10 Å². The number of fused-ring (bicyclic) bond motifs is 1. The van der Waals surface area contributed by atoms with Crippen molar-refractivity contribution in [1.82, 2.24) is 30.0 Å². The van der Waals surface area contributed by atoms with Crippen LogP contribution in [0.5, 0.6) is 0 Å². The topological polar surface area (TPSA) is 118 Å². The first-order valence-corrected chi connectivity index (χ1v) is 12.7. The van der Waals surface area contributed by atoms with Crippen LogP contribution in [0.25, 0.3) is 33.4 Å². The van der Waals surface area contributed by atoms with E-state index in [1.54, 1.807) is 17.1 Å². The molecule has 1 aliphatic rings. The van der Waals surface area contributed by atoms with Crippen LogP contribution in [0.1, 0.15) is 33.6 Å². The molecule has 0 aromatic carbocycles. The van der Waals surface area contributed by atoms with E-state index >= 15 is 0 Å². The maximum absolute atomic E-state index is 12.3. The van der Waals surface area contributed by atoms with Gasteiger partial charge in [0.1, 0.15) is 11.4 Å². The van der Waals surface area contributed by atoms with Crippen molar-refractivity contribution < 1.29 is 14.6 Å². The fraction of sp³-hybridized carbons (Fsp3) is 0.393. The summed E-state index contributed by atoms with van der Waals surface area (Å²) in [6.45, 7) is 6.60. The number of piperidine rings is 1. The second-order valence-corrected chi connectivity index (χ2v) is 10.8. The van der Waals surface area contributed by atoms with E-state index in [2.05, 4.69) is 20.3 Å². The number of rotatable bonds is 5. The van der Waals surface area contributed by atoms with Crippen molar-refractivity contribution in [2.45, 2.75) is 44.8 Å². The highest BCUT2D eigenvalue weighted by atomic mass is 16.6. The van der Waals surface area contributed by atoms with Gasteiger partial charge in [0.2, 0.25) is 0 Å². The van der Waals surface area contributed by atoms with Crippen molar-refractivity contribution in [2.75, 3.05) is 24.6 Å². The molecule has 1 saturated heterocycles. The van der Waals surface area contributed by atoms with Crippen LogP contribution in [0.2, 0.25) is 0 Å². The molecule has 0 spiro atoms. The molecule has 10 nitrogen and oxygen atoms in total. The van der Waals surface area contributed by atoms with Crippen molar-refractivity contribution in [3.05, 3.63) is 55.1 Å². The first kappa shape index (κ1) is 25.6. The SMILES string of the molecule is Cn1cc(-c2cc3ncccc3c(-c3ccc(N4CCC(CO)(NC(=O)OC(C)(C)C)CC4)nc3)n2)cn1. The number of amides is 1. The van der Waals surface area contributed by atoms with Gasteiger partial charge in [0.15, 0.2) is 0 Å². The van der Waals surface area contributed by atoms with E-state index in [0.717, 1.165) is 39.2 Å². The molecule has 0 saturated carbocycles. The largest absolute Gasteiger partial charge is 0.444 e. The van der Waals surface area contributed by atoms with Gasteiger partial charge in [-0.15, -0.1) is 0 Å². The lowest BCUT2D eigenvalue weighted by Gasteiger charge is -2.41. The van der Waals surface area contributed by atoms with Crippen molar-refractivity contribution in [3.8, 4) is 22.5 Å². The van der Waals surface area contributed by atoms with E-state index < -0.39 is 17.2 Å². The fourth-order valence-electron chi connectivity index (χ4n) is 4.72. The standard InChI is InChI=1S/C28H33N7O3/c1-27(2,3)38-26(37)33-28(18-36)9-12-35(13-10-28)24-8-7-19(15-30-24)25-21-6-5-11-29-23(21)14-22(32-25)20-16-31-34(4)17-20/h5-8,11,14-17,36H,9-10,12-13,18H2,1-4H3,(H,33,37). The number of nitrogens with zero attached hydrogens (tertiary/aromatic N) is 6. The lowest BCUT2D eigenvalue weighted by Crippen LogP contribution is -2.58. The molecule has 4 aromatic heterocycles. The molecule has 0 bridgehead atoms. The van der Waals surface area contributed by atoms with Gasteiger partial charge in [0.05, 0.1) is 35.2 Å². The van der Waals surface area contributed by atoms with Crippen LogP contribution < -0.4 is 10.2 Å². The summed E-state index contributed by atoms with van der Waals surface area (Å²) < 4.78 is 7.15. The molecule has 0 radical (unpaired) electrons. The predicted molar refractivity (Wildman–Crippen MR) is 146 cm³/mol. The zero-order chi connectivity index (χ0) is 26.9. The molecular formula is C28H33N7O3. The third kappa shape index (κ3) is 5.45. The van der Waals surface area contributed by atoms with Gasteiger partial charge in [-0.05, 0) is 63.9 Å². The molecule has 0 atom stereocenters. The highest BCUT2D eigenvalue weighted by Crippen LogP contribution is 2.31. The number of ether oxygens (including phenoxy) is 1. The number of aromatic nitrogens is 5. The Morgan fingerprint density at radius 1 is 1.13 bits per heavy atom. The molecule has 2 N–H and O–H groups in total. The maximum atomic E-state index is 12.3. The fourth-order valence-corrected chi connectivity index (χ4v) is 4.72. The number of carbonyl (C=O) groups is 1. The van der Waals surface area contributed by atoms with Crippen molar-refractivity contribution in [3.63, 3.8) is 0 Å². The molecule has 0 unspecified atom stereocenters. The lowest BCUT2D eigenvalue weighted by molar-refractivity contribution is 0.0364. The van der Waals surface area contributed by atoms with Gasteiger partial charge in [0, 0.05) is 55.2 Å². The van der Waals surface area contributed by atoms with E-state index in [1.165, 1.54) is 0 Å². The Balaban J connectivity index is 1.35. The summed E-state index contributed by atoms with van der Waals surface area (Å²) in [4.78, 5) is 28.8. The normalized spacial score (nSPS) is 15.4. The zero-order valence-corrected chi connectivity index (χ0v) is 22.2. The summed E-state index contributed by atoms with van der Waals surface area (Å²) in [6, 6.07) is 9.91. The van der Waals surface area contributed by atoms with E-state index in [-0.39, 0.29) is 6.61 Å². The minimum atomic E-state index is -0.707. The third-order valence-corrected chi connectivity index (χ3v) is 6.73. The number of anilines is 1. The summed E-state index contributed by atoms with van der Waals surface area (Å²) in [5, 5.41) is 18.2. The van der Waals surface area contributed by atoms with Crippen LogP contribution in [-0.4, -0.2) is 66.8 Å². The molecule has 1 aliphatic heterocycles. The lowest BCUT2D eigenvalue weighted by atomic mass is 9.88. The Hall–Kier alpha value is -4.05. The number of aryl methyl sites for hydroxylation is 1. The number of nitrogens with one attached hydrogen (secondary N) is 1. The monoisotopic (exact) mass is 515 g/mol. The molecule has 1 amide bonds. The predicted octanol–water partition coefficient (Wildman–Crippen LogP) is 3.95. The van der Waals surface area contributed by atoms with Gasteiger partial charge >= 0.3 is 6.09 Å². The number of carbonyl (C=O) groups excluding carboxylic acids is 1. The van der Waals surface area contributed by atoms with Gasteiger partial charge in [-0.25, -0.2) is 14.8 Å². The molecule has 5 rings (SSSR count). The molecule has 198 valence electrons. The van der Waals surface area contributed by atoms with Crippen molar-refractivity contribution in [1.29, 1.82) is 0 Å². The summed E-state index contributed by atoms with van der Waals surface area (Å²) in [7, 11) is 1.88. The summed E-state index contributed by atoms with van der Waals surface area (Å²) in [6.07, 6.45) is 8.00. The van der Waals surface area contributed by atoms with E-state index in [0.29, 0.717) is 25.9 Å². The number of hydrogen-bond donors (Lipinski definition) is 2. The van der Waals surface area contributed by atoms with Gasteiger partial charge < -0.3 is 20.1 Å². The molecule has 5 heterocycles. The first-order valence-electron chi connectivity index (χ1n) is 12.7. The number of aliphatic hydroxyl groups excluding tert-OH is 1. The van der Waals surface area contributed by atoms with Crippen molar-refractivity contribution >= 4 is 22.8 Å². The average molecular weight is 516 g/mol. The smallest absolute Gasteiger partial charge is 0.408 e. The quantitative estimate of drug-likeness (QED) is 0.410. The average Bonchev–Trinajstić information content (AvgIpc) is 3.34. The Labute approximate surface area is 221 Å². The second kappa shape index (κ2) is 10.0. The minimum Gasteiger partial charge on any atom is -0.444 e. The number of hydrogen-bond acceptors (Lipinski definition) is 8. The van der Waals surface area contributed by atoms with Gasteiger partial charge in [-0.1, -0.05) is 0 Å². The Kier molecular flexibility index (Phi) is 6.75. The molecule has 38 heavy (non-hydrogen) atoms. The highest BCUT2D eigenvalue weighted by Gasteiger charge is 2.37. The second-order valence-electron chi connectivity index (χ2n) is 10.8. The minimum absolute atomic E-state index is 0.146. The Morgan fingerprint density at radius 2 is 1.92 bits per heavy atom. The van der Waals surface area contributed by atoms with Crippen LogP contribution in [0.15, 0.2) is 55.1 Å². The maximum Gasteiger partial charge on any atom is 0.408 e. The zero-order valence-electron chi connectivity index (χ0n) is 22.2. The summed E-state index contributed by atoms with van der Waals surface area (Å²) in [5.41, 5.74) is 2.99. The van der Waals surface area contributed by atoms with E-state index in [9.17, 15) is 9.90 Å². The van der Waals surface area contributed by atoms with E-state index in [1.807, 2.05) is 70.5 Å². The molecule has 0 aliphatic carbocycles. The molecular weight excluding hydrogens is 482 g/mol. The van der Waals surface area contributed by atoms with Crippen LogP contribution in [0, 0.1) is 0 Å². The number of pyridine rings is 3. The van der Waals surface area contributed by atoms with E-state index in [4.69, 9.17) is 14.7 Å². The number of aliphatic hydroxyl groups is 1. The van der Waals surface area contributed by atoms with Crippen molar-refractivity contribution in [2.24, 2.45) is 7.05 Å². The van der Waals surface area contributed by atoms with Crippen LogP contribution in [-0.2, 0) is 11.8 Å². The number of alkyl carbamates (subject to hydrolysis) is 1. The molecule has 10 heteroatoms. The van der Waals surface area contributed by atoms with Crippen LogP contribution >= 0.6 is 0 Å². The van der Waals surface area contributed by atoms with Gasteiger partial charge in [-0.3, -0.25) is 9.67 Å². The first-order chi connectivity index (χ1) is 18.1. The Morgan fingerprint density at radius 3 is 2.55 bits per heavy atom. The summed E-state index contributed by atoms with van der Waals surface area (Å²) >= 11 is 0. The van der Waals surface area contributed by atoms with Crippen LogP contribution in [0.4, 0.5) is 10.6 Å². The third-order valence-electron chi connectivity index (χ3n) is 6.73. The van der Waals surface area contributed by atoms with Crippen LogP contribution in [0.3, 0.4) is 0 Å². The molecule has 4 aromatic rings. The summed E-state index contributed by atoms with van der Waals surface area (Å²) in [5.74, 6) is 0.836. The Bertz CT molecular complexity index is 1440. The highest BCUT2D eigenvalue weighted by molar-refractivity contribution is 5.94. The van der Waals surface area contributed by atoms with Gasteiger partial charge in [0.25, 0.3) is 0 Å².